The van der Waals surface area contributed by atoms with Crippen molar-refractivity contribution >= 4 is 37.5 Å². The molecule has 1 saturated heterocycles. The van der Waals surface area contributed by atoms with Crippen LogP contribution in [0.2, 0.25) is 0 Å². The number of primary sulfonamides is 1. The van der Waals surface area contributed by atoms with Crippen LogP contribution in [0.15, 0.2) is 22.7 Å². The van der Waals surface area contributed by atoms with Gasteiger partial charge in [0.2, 0.25) is 15.9 Å². The van der Waals surface area contributed by atoms with E-state index in [4.69, 9.17) is 5.14 Å². The second kappa shape index (κ2) is 4.60. The number of benzene rings is 1. The molecule has 1 aromatic carbocycles. The summed E-state index contributed by atoms with van der Waals surface area (Å²) < 4.78 is 36.1. The Hall–Kier alpha value is -0.990. The maximum atomic E-state index is 13.2. The van der Waals surface area contributed by atoms with Gasteiger partial charge in [-0.05, 0) is 18.2 Å². The van der Waals surface area contributed by atoms with Gasteiger partial charge in [-0.25, -0.2) is 17.9 Å². The molecule has 0 radical (unpaired) electrons. The predicted octanol–water partition coefficient (Wildman–Crippen LogP) is 0.982. The smallest absolute Gasteiger partial charge is 0.228 e. The lowest BCUT2D eigenvalue weighted by Gasteiger charge is -2.16. The molecular formula is C10H10BrFN2O3S. The lowest BCUT2D eigenvalue weighted by Crippen LogP contribution is -2.32. The lowest BCUT2D eigenvalue weighted by molar-refractivity contribution is -0.117. The topological polar surface area (TPSA) is 80.5 Å². The summed E-state index contributed by atoms with van der Waals surface area (Å²) in [5.74, 6) is -0.891. The van der Waals surface area contributed by atoms with Crippen molar-refractivity contribution in [3.8, 4) is 0 Å². The molecule has 8 heteroatoms. The number of anilines is 1. The fourth-order valence-corrected chi connectivity index (χ4v) is 3.02. The Bertz CT molecular complexity index is 585. The second-order valence-electron chi connectivity index (χ2n) is 4.05. The zero-order valence-electron chi connectivity index (χ0n) is 9.14. The molecule has 1 atom stereocenters. The number of rotatable bonds is 2. The molecule has 0 spiro atoms. The van der Waals surface area contributed by atoms with E-state index in [2.05, 4.69) is 15.9 Å². The van der Waals surface area contributed by atoms with Crippen molar-refractivity contribution in [1.82, 2.24) is 0 Å². The Labute approximate surface area is 112 Å². The third kappa shape index (κ3) is 2.70. The molecule has 0 saturated carbocycles. The van der Waals surface area contributed by atoms with Crippen LogP contribution in [0.25, 0.3) is 0 Å². The molecule has 1 unspecified atom stereocenters. The maximum absolute atomic E-state index is 13.2. The predicted molar refractivity (Wildman–Crippen MR) is 68.0 cm³/mol. The number of halogens is 2. The Morgan fingerprint density at radius 2 is 2.06 bits per heavy atom. The van der Waals surface area contributed by atoms with Crippen LogP contribution in [-0.4, -0.2) is 26.1 Å². The summed E-state index contributed by atoms with van der Waals surface area (Å²) in [4.78, 5) is 12.9. The van der Waals surface area contributed by atoms with Crippen LogP contribution in [-0.2, 0) is 14.8 Å². The first-order valence-electron chi connectivity index (χ1n) is 5.05. The Balaban J connectivity index is 2.32. The molecule has 1 aromatic rings. The summed E-state index contributed by atoms with van der Waals surface area (Å²) in [7, 11) is -3.76. The van der Waals surface area contributed by atoms with Gasteiger partial charge < -0.3 is 4.90 Å². The van der Waals surface area contributed by atoms with Crippen molar-refractivity contribution in [2.45, 2.75) is 11.7 Å². The molecular weight excluding hydrogens is 327 g/mol. The summed E-state index contributed by atoms with van der Waals surface area (Å²) >= 11 is 3.11. The molecule has 1 amide bonds. The highest BCUT2D eigenvalue weighted by molar-refractivity contribution is 9.10. The zero-order chi connectivity index (χ0) is 13.5. The number of hydrogen-bond acceptors (Lipinski definition) is 3. The average Bonchev–Trinajstić information content (AvgIpc) is 2.58. The van der Waals surface area contributed by atoms with E-state index in [1.165, 1.54) is 17.0 Å². The first kappa shape index (κ1) is 13.4. The van der Waals surface area contributed by atoms with Gasteiger partial charge in [0.25, 0.3) is 0 Å². The van der Waals surface area contributed by atoms with Crippen LogP contribution in [0.4, 0.5) is 10.1 Å². The molecule has 1 aliphatic heterocycles. The van der Waals surface area contributed by atoms with Gasteiger partial charge in [0.05, 0.1) is 0 Å². The molecule has 0 aromatic heterocycles. The standard InChI is InChI=1S/C10H10BrFN2O3S/c11-6-1-7(12)3-8(2-6)14-5-9(4-10(14)15)18(13,16)17/h1-3,9H,4-5H2,(H2,13,16,17). The Morgan fingerprint density at radius 1 is 1.39 bits per heavy atom. The van der Waals surface area contributed by atoms with Crippen LogP contribution < -0.4 is 10.0 Å². The molecule has 0 aliphatic carbocycles. The average molecular weight is 337 g/mol. The van der Waals surface area contributed by atoms with Gasteiger partial charge in [0, 0.05) is 23.1 Å². The van der Waals surface area contributed by atoms with Crippen molar-refractivity contribution < 1.29 is 17.6 Å². The largest absolute Gasteiger partial charge is 0.311 e. The minimum absolute atomic E-state index is 0.0481. The number of carbonyl (C=O) groups excluding carboxylic acids is 1. The van der Waals surface area contributed by atoms with Crippen LogP contribution in [0.5, 0.6) is 0 Å². The maximum Gasteiger partial charge on any atom is 0.228 e. The van der Waals surface area contributed by atoms with E-state index in [0.717, 1.165) is 0 Å². The van der Waals surface area contributed by atoms with Gasteiger partial charge in [-0.2, -0.15) is 0 Å². The van der Waals surface area contributed by atoms with E-state index >= 15 is 0 Å². The SMILES string of the molecule is NS(=O)(=O)C1CC(=O)N(c2cc(F)cc(Br)c2)C1. The van der Waals surface area contributed by atoms with E-state index in [1.54, 1.807) is 6.07 Å². The van der Waals surface area contributed by atoms with Crippen LogP contribution >= 0.6 is 15.9 Å². The van der Waals surface area contributed by atoms with E-state index in [1.807, 2.05) is 0 Å². The quantitative estimate of drug-likeness (QED) is 0.874. The number of nitrogens with two attached hydrogens (primary N) is 1. The summed E-state index contributed by atoms with van der Waals surface area (Å²) in [5.41, 5.74) is 0.318. The molecule has 0 bridgehead atoms. The minimum atomic E-state index is -3.76. The van der Waals surface area contributed by atoms with Gasteiger partial charge >= 0.3 is 0 Å². The highest BCUT2D eigenvalue weighted by atomic mass is 79.9. The van der Waals surface area contributed by atoms with Gasteiger partial charge in [0.15, 0.2) is 0 Å². The van der Waals surface area contributed by atoms with Crippen LogP contribution in [0.1, 0.15) is 6.42 Å². The van der Waals surface area contributed by atoms with Crippen molar-refractivity contribution in [2.24, 2.45) is 5.14 Å². The van der Waals surface area contributed by atoms with E-state index in [-0.39, 0.29) is 18.9 Å². The van der Waals surface area contributed by atoms with Crippen molar-refractivity contribution in [2.75, 3.05) is 11.4 Å². The van der Waals surface area contributed by atoms with Gasteiger partial charge in [-0.3, -0.25) is 4.79 Å². The van der Waals surface area contributed by atoms with Gasteiger partial charge in [-0.15, -0.1) is 0 Å². The Kier molecular flexibility index (Phi) is 3.43. The fraction of sp³-hybridized carbons (Fsp3) is 0.300. The third-order valence-corrected chi connectivity index (χ3v) is 4.42. The number of nitrogens with zero attached hydrogens (tertiary/aromatic N) is 1. The minimum Gasteiger partial charge on any atom is -0.311 e. The molecule has 2 rings (SSSR count). The first-order valence-corrected chi connectivity index (χ1v) is 7.45. The molecule has 1 fully saturated rings. The highest BCUT2D eigenvalue weighted by Crippen LogP contribution is 2.27. The molecule has 1 aliphatic rings. The molecule has 1 heterocycles. The number of carbonyl (C=O) groups is 1. The van der Waals surface area contributed by atoms with Crippen LogP contribution in [0.3, 0.4) is 0 Å². The lowest BCUT2D eigenvalue weighted by atomic mass is 10.3. The summed E-state index contributed by atoms with van der Waals surface area (Å²) in [6.45, 7) is -0.0481. The van der Waals surface area contributed by atoms with Gasteiger partial charge in [0.1, 0.15) is 11.1 Å². The summed E-state index contributed by atoms with van der Waals surface area (Å²) in [6, 6.07) is 3.97. The molecule has 2 N–H and O–H groups in total. The van der Waals surface area contributed by atoms with Crippen molar-refractivity contribution in [3.63, 3.8) is 0 Å². The summed E-state index contributed by atoms with van der Waals surface area (Å²) in [5, 5.41) is 4.08. The normalized spacial score (nSPS) is 20.5. The number of sulfonamides is 1. The fourth-order valence-electron chi connectivity index (χ4n) is 1.84. The van der Waals surface area contributed by atoms with Crippen molar-refractivity contribution in [3.05, 3.63) is 28.5 Å². The number of hydrogen-bond donors (Lipinski definition) is 1. The first-order chi connectivity index (χ1) is 8.27. The zero-order valence-corrected chi connectivity index (χ0v) is 11.5. The van der Waals surface area contributed by atoms with Gasteiger partial charge in [-0.1, -0.05) is 15.9 Å². The van der Waals surface area contributed by atoms with Crippen molar-refractivity contribution in [1.29, 1.82) is 0 Å². The Morgan fingerprint density at radius 3 is 2.56 bits per heavy atom. The highest BCUT2D eigenvalue weighted by Gasteiger charge is 2.37. The van der Waals surface area contributed by atoms with E-state index in [9.17, 15) is 17.6 Å². The van der Waals surface area contributed by atoms with E-state index in [0.29, 0.717) is 10.2 Å². The molecule has 18 heavy (non-hydrogen) atoms. The number of amides is 1. The van der Waals surface area contributed by atoms with Crippen LogP contribution in [0, 0.1) is 5.82 Å². The molecule has 5 nitrogen and oxygen atoms in total. The monoisotopic (exact) mass is 336 g/mol. The third-order valence-electron chi connectivity index (χ3n) is 2.71. The summed E-state index contributed by atoms with van der Waals surface area (Å²) in [6.07, 6.45) is -0.174. The molecule has 98 valence electrons. The second-order valence-corrected chi connectivity index (χ2v) is 6.81. The van der Waals surface area contributed by atoms with E-state index < -0.39 is 21.1 Å².